The monoisotopic (exact) mass is 268 g/mol. The molecule has 0 saturated heterocycles. The highest BCUT2D eigenvalue weighted by atomic mass is 32.2. The van der Waals surface area contributed by atoms with Crippen LogP contribution in [0.5, 0.6) is 0 Å². The van der Waals surface area contributed by atoms with E-state index in [1.165, 1.54) is 0 Å². The van der Waals surface area contributed by atoms with Crippen LogP contribution in [0.1, 0.15) is 12.5 Å². The summed E-state index contributed by atoms with van der Waals surface area (Å²) in [4.78, 5) is 23.0. The van der Waals surface area contributed by atoms with E-state index in [2.05, 4.69) is 5.73 Å². The van der Waals surface area contributed by atoms with Crippen LogP contribution in [0.3, 0.4) is 0 Å². The number of thioether (sulfide) groups is 1. The Bertz CT molecular complexity index is 394. The van der Waals surface area contributed by atoms with Gasteiger partial charge in [-0.15, -0.1) is 0 Å². The van der Waals surface area contributed by atoms with Gasteiger partial charge in [-0.3, -0.25) is 4.79 Å². The third kappa shape index (κ3) is 5.33. The molecule has 0 aromatic heterocycles. The molecule has 0 amide bonds. The fraction of sp³-hybridized carbons (Fsp3) is 0.385. The maximum atomic E-state index is 11.7. The van der Waals surface area contributed by atoms with Crippen LogP contribution in [-0.2, 0) is 20.7 Å². The van der Waals surface area contributed by atoms with Gasteiger partial charge in [0.15, 0.2) is 11.2 Å². The Morgan fingerprint density at radius 1 is 1.33 bits per heavy atom. The zero-order valence-corrected chi connectivity index (χ0v) is 11.2. The fourth-order valence-electron chi connectivity index (χ4n) is 1.34. The maximum absolute atomic E-state index is 11.7. The number of carbonyl (C=O) groups is 2. The van der Waals surface area contributed by atoms with Crippen LogP contribution < -0.4 is 5.73 Å². The van der Waals surface area contributed by atoms with Gasteiger partial charge < -0.3 is 10.5 Å². The Balaban J connectivity index is 2.31. The molecular weight excluding hydrogens is 250 g/mol. The van der Waals surface area contributed by atoms with Crippen LogP contribution in [0.2, 0.25) is 0 Å². The summed E-state index contributed by atoms with van der Waals surface area (Å²) < 4.78 is 4.83. The lowest BCUT2D eigenvalue weighted by atomic mass is 10.2. The number of benzene rings is 1. The Morgan fingerprint density at radius 3 is 2.61 bits per heavy atom. The van der Waals surface area contributed by atoms with Crippen molar-refractivity contribution in [3.8, 4) is 0 Å². The van der Waals surface area contributed by atoms with Crippen LogP contribution >= 0.6 is 11.8 Å². The van der Waals surface area contributed by atoms with Crippen molar-refractivity contribution < 1.29 is 20.1 Å². The van der Waals surface area contributed by atoms with Crippen molar-refractivity contribution in [2.75, 3.05) is 12.4 Å². The van der Waals surface area contributed by atoms with E-state index in [4.69, 9.17) is 4.74 Å². The molecule has 1 aromatic rings. The molecule has 3 N–H and O–H groups in total. The summed E-state index contributed by atoms with van der Waals surface area (Å²) in [5.41, 5.74) is 4.67. The van der Waals surface area contributed by atoms with E-state index < -0.39 is 6.04 Å². The van der Waals surface area contributed by atoms with Gasteiger partial charge in [-0.25, -0.2) is 4.79 Å². The Labute approximate surface area is 111 Å². The molecule has 0 radical (unpaired) electrons. The number of hydrogen-bond donors (Lipinski definition) is 1. The van der Waals surface area contributed by atoms with Crippen LogP contribution in [0.15, 0.2) is 30.3 Å². The SMILES string of the molecule is CCOC(=O)[C@H]([NH3+])CSC(=O)Cc1ccccc1. The van der Waals surface area contributed by atoms with Gasteiger partial charge in [0.25, 0.3) is 0 Å². The van der Waals surface area contributed by atoms with Crippen LogP contribution in [0.25, 0.3) is 0 Å². The molecule has 1 rings (SSSR count). The molecule has 0 spiro atoms. The standard InChI is InChI=1S/C13H17NO3S/c1-2-17-13(16)11(14)9-18-12(15)8-10-6-4-3-5-7-10/h3-7,11H,2,8-9,14H2,1H3/p+1/t11-/m1/s1. The summed E-state index contributed by atoms with van der Waals surface area (Å²) in [6, 6.07) is 9.03. The van der Waals surface area contributed by atoms with Crippen LogP contribution in [0, 0.1) is 0 Å². The van der Waals surface area contributed by atoms with E-state index in [0.29, 0.717) is 18.8 Å². The first-order valence-electron chi connectivity index (χ1n) is 5.82. The predicted octanol–water partition coefficient (Wildman–Crippen LogP) is 0.663. The second kappa shape index (κ2) is 7.89. The van der Waals surface area contributed by atoms with Crippen molar-refractivity contribution in [3.63, 3.8) is 0 Å². The smallest absolute Gasteiger partial charge is 0.365 e. The fourth-order valence-corrected chi connectivity index (χ4v) is 2.13. The van der Waals surface area contributed by atoms with Gasteiger partial charge in [0, 0.05) is 6.42 Å². The van der Waals surface area contributed by atoms with E-state index in [1.54, 1.807) is 6.92 Å². The highest BCUT2D eigenvalue weighted by molar-refractivity contribution is 8.13. The summed E-state index contributed by atoms with van der Waals surface area (Å²) in [6.45, 7) is 2.09. The normalized spacial score (nSPS) is 11.9. The lowest BCUT2D eigenvalue weighted by Gasteiger charge is -2.06. The van der Waals surface area contributed by atoms with Gasteiger partial charge in [0.05, 0.1) is 12.4 Å². The molecule has 0 bridgehead atoms. The van der Waals surface area contributed by atoms with E-state index in [9.17, 15) is 9.59 Å². The predicted molar refractivity (Wildman–Crippen MR) is 70.9 cm³/mol. The van der Waals surface area contributed by atoms with Crippen molar-refractivity contribution in [1.82, 2.24) is 0 Å². The number of rotatable bonds is 6. The van der Waals surface area contributed by atoms with Crippen LogP contribution in [0.4, 0.5) is 0 Å². The molecule has 0 fully saturated rings. The van der Waals surface area contributed by atoms with E-state index in [0.717, 1.165) is 17.3 Å². The molecule has 1 atom stereocenters. The van der Waals surface area contributed by atoms with Crippen molar-refractivity contribution in [1.29, 1.82) is 0 Å². The summed E-state index contributed by atoms with van der Waals surface area (Å²) in [7, 11) is 0. The van der Waals surface area contributed by atoms with E-state index >= 15 is 0 Å². The highest BCUT2D eigenvalue weighted by Crippen LogP contribution is 2.09. The lowest BCUT2D eigenvalue weighted by Crippen LogP contribution is -2.66. The van der Waals surface area contributed by atoms with E-state index in [-0.39, 0.29) is 11.1 Å². The average Bonchev–Trinajstić information content (AvgIpc) is 2.37. The molecule has 0 unspecified atom stereocenters. The third-order valence-electron chi connectivity index (χ3n) is 2.26. The van der Waals surface area contributed by atoms with Gasteiger partial charge in [-0.2, -0.15) is 0 Å². The first-order chi connectivity index (χ1) is 8.63. The van der Waals surface area contributed by atoms with E-state index in [1.807, 2.05) is 30.3 Å². The molecule has 18 heavy (non-hydrogen) atoms. The second-order valence-electron chi connectivity index (χ2n) is 3.79. The van der Waals surface area contributed by atoms with Crippen molar-refractivity contribution >= 4 is 22.8 Å². The Kier molecular flexibility index (Phi) is 6.46. The van der Waals surface area contributed by atoms with Gasteiger partial charge in [0.1, 0.15) is 0 Å². The molecule has 1 aromatic carbocycles. The zero-order chi connectivity index (χ0) is 13.4. The minimum absolute atomic E-state index is 0.0409. The van der Waals surface area contributed by atoms with Crippen LogP contribution in [-0.4, -0.2) is 29.5 Å². The van der Waals surface area contributed by atoms with Gasteiger partial charge >= 0.3 is 5.97 Å². The summed E-state index contributed by atoms with van der Waals surface area (Å²) >= 11 is 1.13. The largest absolute Gasteiger partial charge is 0.462 e. The van der Waals surface area contributed by atoms with Crippen molar-refractivity contribution in [3.05, 3.63) is 35.9 Å². The number of carbonyl (C=O) groups excluding carboxylic acids is 2. The minimum Gasteiger partial charge on any atom is -0.462 e. The molecule has 4 nitrogen and oxygen atoms in total. The number of ether oxygens (including phenoxy) is 1. The van der Waals surface area contributed by atoms with Crippen molar-refractivity contribution in [2.45, 2.75) is 19.4 Å². The molecule has 98 valence electrons. The molecule has 0 saturated carbocycles. The first-order valence-corrected chi connectivity index (χ1v) is 6.81. The summed E-state index contributed by atoms with van der Waals surface area (Å²) in [5, 5.41) is 0.0409. The number of hydrogen-bond acceptors (Lipinski definition) is 4. The third-order valence-corrected chi connectivity index (χ3v) is 3.29. The molecule has 0 aliphatic rings. The maximum Gasteiger partial charge on any atom is 0.365 e. The summed E-state index contributed by atoms with van der Waals surface area (Å²) in [6.07, 6.45) is 0.376. The average molecular weight is 268 g/mol. The van der Waals surface area contributed by atoms with Gasteiger partial charge in [-0.1, -0.05) is 42.1 Å². The Morgan fingerprint density at radius 2 is 2.00 bits per heavy atom. The molecular formula is C13H18NO3S+. The number of quaternary nitrogens is 1. The topological polar surface area (TPSA) is 71.0 Å². The lowest BCUT2D eigenvalue weighted by molar-refractivity contribution is -0.401. The van der Waals surface area contributed by atoms with Gasteiger partial charge in [-0.05, 0) is 12.5 Å². The Hall–Kier alpha value is -1.33. The van der Waals surface area contributed by atoms with Gasteiger partial charge in [0.2, 0.25) is 0 Å². The highest BCUT2D eigenvalue weighted by Gasteiger charge is 2.20. The minimum atomic E-state index is -0.491. The van der Waals surface area contributed by atoms with Crippen molar-refractivity contribution in [2.24, 2.45) is 0 Å². The second-order valence-corrected chi connectivity index (χ2v) is 4.87. The zero-order valence-electron chi connectivity index (χ0n) is 10.4. The molecule has 0 aliphatic carbocycles. The molecule has 0 aliphatic heterocycles. The molecule has 0 heterocycles. The quantitative estimate of drug-likeness (QED) is 0.770. The number of esters is 1. The summed E-state index contributed by atoms with van der Waals surface area (Å²) in [5.74, 6) is 0.0160. The molecule has 5 heteroatoms. The first kappa shape index (κ1) is 14.7.